The average molecular weight is 292 g/mol. The van der Waals surface area contributed by atoms with Crippen LogP contribution in [0.5, 0.6) is 0 Å². The molecule has 0 spiro atoms. The van der Waals surface area contributed by atoms with Crippen molar-refractivity contribution in [2.24, 2.45) is 0 Å². The molecule has 0 saturated heterocycles. The van der Waals surface area contributed by atoms with Crippen LogP contribution < -0.4 is 0 Å². The molecule has 0 aliphatic rings. The Balaban J connectivity index is 3.25. The summed E-state index contributed by atoms with van der Waals surface area (Å²) in [5, 5.41) is 0. The second-order valence-electron chi connectivity index (χ2n) is 5.18. The minimum atomic E-state index is -0.0869. The minimum absolute atomic E-state index is 0.0869. The van der Waals surface area contributed by atoms with Gasteiger partial charge in [0.15, 0.2) is 0 Å². The largest absolute Gasteiger partial charge is 0.469 e. The lowest BCUT2D eigenvalue weighted by molar-refractivity contribution is -0.140. The molecular weight excluding hydrogens is 260 g/mol. The minimum Gasteiger partial charge on any atom is -0.469 e. The topological polar surface area (TPSA) is 26.3 Å². The Bertz CT molecular complexity index is 314. The van der Waals surface area contributed by atoms with Crippen molar-refractivity contribution in [1.82, 2.24) is 0 Å². The first-order chi connectivity index (χ1) is 10.3. The summed E-state index contributed by atoms with van der Waals surface area (Å²) in [6, 6.07) is 0. The number of carbonyl (C=O) groups is 1. The van der Waals surface area contributed by atoms with E-state index in [9.17, 15) is 4.79 Å². The maximum absolute atomic E-state index is 10.9. The number of esters is 1. The number of rotatable bonds is 13. The van der Waals surface area contributed by atoms with Crippen molar-refractivity contribution in [2.75, 3.05) is 7.11 Å². The zero-order valence-electron chi connectivity index (χ0n) is 13.9. The summed E-state index contributed by atoms with van der Waals surface area (Å²) >= 11 is 0. The lowest BCUT2D eigenvalue weighted by Crippen LogP contribution is -1.98. The van der Waals surface area contributed by atoms with Crippen LogP contribution in [-0.4, -0.2) is 13.1 Å². The predicted molar refractivity (Wildman–Crippen MR) is 91.3 cm³/mol. The number of methoxy groups -OCH3 is 1. The molecule has 0 atom stereocenters. The number of hydrogen-bond donors (Lipinski definition) is 0. The van der Waals surface area contributed by atoms with Crippen molar-refractivity contribution < 1.29 is 9.53 Å². The van der Waals surface area contributed by atoms with Gasteiger partial charge in [0.2, 0.25) is 0 Å². The van der Waals surface area contributed by atoms with Crippen molar-refractivity contribution >= 4 is 5.97 Å². The van der Waals surface area contributed by atoms with Crippen LogP contribution in [0.4, 0.5) is 0 Å². The maximum Gasteiger partial charge on any atom is 0.305 e. The Hall–Kier alpha value is -1.31. The Morgan fingerprint density at radius 2 is 1.38 bits per heavy atom. The average Bonchev–Trinajstić information content (AvgIpc) is 2.50. The number of allylic oxidation sites excluding steroid dienone is 6. The standard InChI is InChI=1S/C19H32O2/c1-3-4-5-6-7-8-9-10-11-12-13-14-15-16-17-18-19(20)21-2/h4-5,7-8,10-11H,3,6,9,12-18H2,1-2H3/b5-4-,8-7-,11-10-. The monoisotopic (exact) mass is 292 g/mol. The Morgan fingerprint density at radius 3 is 2.05 bits per heavy atom. The second-order valence-corrected chi connectivity index (χ2v) is 5.18. The summed E-state index contributed by atoms with van der Waals surface area (Å²) in [4.78, 5) is 10.9. The van der Waals surface area contributed by atoms with Gasteiger partial charge in [-0.3, -0.25) is 4.79 Å². The molecule has 0 unspecified atom stereocenters. The van der Waals surface area contributed by atoms with Crippen LogP contribution in [-0.2, 0) is 9.53 Å². The van der Waals surface area contributed by atoms with E-state index in [0.29, 0.717) is 6.42 Å². The van der Waals surface area contributed by atoms with E-state index in [4.69, 9.17) is 0 Å². The van der Waals surface area contributed by atoms with E-state index in [1.807, 2.05) is 0 Å². The molecule has 0 aliphatic carbocycles. The number of hydrogen-bond acceptors (Lipinski definition) is 2. The van der Waals surface area contributed by atoms with Gasteiger partial charge in [0.05, 0.1) is 7.11 Å². The third kappa shape index (κ3) is 16.6. The van der Waals surface area contributed by atoms with Crippen LogP contribution in [0.2, 0.25) is 0 Å². The molecule has 0 aliphatic heterocycles. The molecule has 0 fully saturated rings. The van der Waals surface area contributed by atoms with E-state index in [1.54, 1.807) is 0 Å². The smallest absolute Gasteiger partial charge is 0.305 e. The molecule has 0 aromatic carbocycles. The van der Waals surface area contributed by atoms with Crippen molar-refractivity contribution in [3.05, 3.63) is 36.5 Å². The van der Waals surface area contributed by atoms with Crippen LogP contribution in [0.3, 0.4) is 0 Å². The highest BCUT2D eigenvalue weighted by atomic mass is 16.5. The zero-order valence-corrected chi connectivity index (χ0v) is 13.9. The van der Waals surface area contributed by atoms with Gasteiger partial charge in [-0.05, 0) is 38.5 Å². The van der Waals surface area contributed by atoms with Gasteiger partial charge in [-0.25, -0.2) is 0 Å². The molecule has 0 rings (SSSR count). The third-order valence-corrected chi connectivity index (χ3v) is 3.26. The molecule has 120 valence electrons. The number of ether oxygens (including phenoxy) is 1. The molecular formula is C19H32O2. The molecule has 0 radical (unpaired) electrons. The first kappa shape index (κ1) is 19.7. The van der Waals surface area contributed by atoms with Crippen LogP contribution in [0.15, 0.2) is 36.5 Å². The summed E-state index contributed by atoms with van der Waals surface area (Å²) in [5.41, 5.74) is 0. The van der Waals surface area contributed by atoms with Gasteiger partial charge in [-0.15, -0.1) is 0 Å². The summed E-state index contributed by atoms with van der Waals surface area (Å²) < 4.78 is 4.61. The van der Waals surface area contributed by atoms with E-state index >= 15 is 0 Å². The van der Waals surface area contributed by atoms with Gasteiger partial charge in [-0.2, -0.15) is 0 Å². The van der Waals surface area contributed by atoms with Gasteiger partial charge < -0.3 is 4.74 Å². The summed E-state index contributed by atoms with van der Waals surface area (Å²) in [6.45, 7) is 2.15. The molecule has 2 nitrogen and oxygen atoms in total. The van der Waals surface area contributed by atoms with Crippen LogP contribution in [0.25, 0.3) is 0 Å². The van der Waals surface area contributed by atoms with Gasteiger partial charge in [-0.1, -0.05) is 62.6 Å². The van der Waals surface area contributed by atoms with E-state index in [0.717, 1.165) is 32.1 Å². The molecule has 21 heavy (non-hydrogen) atoms. The Kier molecular flexibility index (Phi) is 15.7. The van der Waals surface area contributed by atoms with Gasteiger partial charge in [0.1, 0.15) is 0 Å². The SMILES string of the molecule is CC/C=C\C/C=C\C/C=C\CCCCCCCC(=O)OC. The molecule has 0 bridgehead atoms. The van der Waals surface area contributed by atoms with Crippen molar-refractivity contribution in [3.63, 3.8) is 0 Å². The lowest BCUT2D eigenvalue weighted by atomic mass is 10.1. The molecule has 0 aromatic rings. The van der Waals surface area contributed by atoms with E-state index < -0.39 is 0 Å². The first-order valence-electron chi connectivity index (χ1n) is 8.33. The van der Waals surface area contributed by atoms with Crippen LogP contribution in [0.1, 0.15) is 71.1 Å². The van der Waals surface area contributed by atoms with Gasteiger partial charge in [0, 0.05) is 6.42 Å². The van der Waals surface area contributed by atoms with Crippen LogP contribution >= 0.6 is 0 Å². The zero-order chi connectivity index (χ0) is 15.6. The van der Waals surface area contributed by atoms with E-state index in [1.165, 1.54) is 32.8 Å². The highest BCUT2D eigenvalue weighted by Crippen LogP contribution is 2.08. The van der Waals surface area contributed by atoms with E-state index in [-0.39, 0.29) is 5.97 Å². The highest BCUT2D eigenvalue weighted by Gasteiger charge is 1.98. The summed E-state index contributed by atoms with van der Waals surface area (Å²) in [6.07, 6.45) is 24.1. The van der Waals surface area contributed by atoms with Crippen molar-refractivity contribution in [3.8, 4) is 0 Å². The third-order valence-electron chi connectivity index (χ3n) is 3.26. The highest BCUT2D eigenvalue weighted by molar-refractivity contribution is 5.68. The fraction of sp³-hybridized carbons (Fsp3) is 0.632. The van der Waals surface area contributed by atoms with Crippen molar-refractivity contribution in [2.45, 2.75) is 71.1 Å². The first-order valence-corrected chi connectivity index (χ1v) is 8.33. The second kappa shape index (κ2) is 16.7. The normalized spacial score (nSPS) is 11.9. The molecule has 0 amide bonds. The van der Waals surface area contributed by atoms with Crippen molar-refractivity contribution in [1.29, 1.82) is 0 Å². The number of unbranched alkanes of at least 4 members (excludes halogenated alkanes) is 5. The Morgan fingerprint density at radius 1 is 0.810 bits per heavy atom. The predicted octanol–water partition coefficient (Wildman–Crippen LogP) is 5.75. The molecule has 0 N–H and O–H groups in total. The molecule has 0 heterocycles. The number of carbonyl (C=O) groups excluding carboxylic acids is 1. The molecule has 0 aromatic heterocycles. The summed E-state index contributed by atoms with van der Waals surface area (Å²) in [5.74, 6) is -0.0869. The quantitative estimate of drug-likeness (QED) is 0.245. The lowest BCUT2D eigenvalue weighted by Gasteiger charge is -1.99. The fourth-order valence-corrected chi connectivity index (χ4v) is 1.99. The molecule has 0 saturated carbocycles. The van der Waals surface area contributed by atoms with E-state index in [2.05, 4.69) is 48.1 Å². The molecule has 2 heteroatoms. The van der Waals surface area contributed by atoms with Gasteiger partial charge >= 0.3 is 5.97 Å². The summed E-state index contributed by atoms with van der Waals surface area (Å²) in [7, 11) is 1.45. The van der Waals surface area contributed by atoms with Gasteiger partial charge in [0.25, 0.3) is 0 Å². The van der Waals surface area contributed by atoms with Crippen LogP contribution in [0, 0.1) is 0 Å². The maximum atomic E-state index is 10.9. The Labute approximate surface area is 131 Å². The fourth-order valence-electron chi connectivity index (χ4n) is 1.99.